The lowest BCUT2D eigenvalue weighted by Crippen LogP contribution is -2.20. The summed E-state index contributed by atoms with van der Waals surface area (Å²) in [5.41, 5.74) is 5.41. The second-order valence-electron chi connectivity index (χ2n) is 6.01. The van der Waals surface area contributed by atoms with E-state index in [2.05, 4.69) is 0 Å². The molecule has 0 saturated carbocycles. The Balaban J connectivity index is 2.08. The molecule has 1 aliphatic heterocycles. The Bertz CT molecular complexity index is 936. The van der Waals surface area contributed by atoms with Crippen molar-refractivity contribution >= 4 is 34.3 Å². The van der Waals surface area contributed by atoms with Crippen molar-refractivity contribution in [3.05, 3.63) is 101 Å². The molecule has 0 radical (unpaired) electrons. The van der Waals surface area contributed by atoms with Crippen LogP contribution in [0.3, 0.4) is 0 Å². The predicted octanol–water partition coefficient (Wildman–Crippen LogP) is 5.28. The summed E-state index contributed by atoms with van der Waals surface area (Å²) in [6, 6.07) is 25.6. The third kappa shape index (κ3) is 2.65. The van der Waals surface area contributed by atoms with Gasteiger partial charge in [-0.2, -0.15) is 0 Å². The number of fused-ring (bicyclic) bond motifs is 1. The van der Waals surface area contributed by atoms with Crippen molar-refractivity contribution in [2.24, 2.45) is 0 Å². The Morgan fingerprint density at radius 3 is 1.96 bits per heavy atom. The highest BCUT2D eigenvalue weighted by atomic mass is 35.5. The Morgan fingerprint density at radius 2 is 1.40 bits per heavy atom. The molecule has 4 rings (SSSR count). The minimum absolute atomic E-state index is 0.0139. The number of carbonyl (C=O) groups is 1. The van der Waals surface area contributed by atoms with Crippen LogP contribution in [-0.2, 0) is 4.79 Å². The molecule has 1 amide bonds. The lowest BCUT2D eigenvalue weighted by atomic mass is 9.90. The van der Waals surface area contributed by atoms with E-state index in [9.17, 15) is 4.79 Å². The molecule has 0 spiro atoms. The van der Waals surface area contributed by atoms with Gasteiger partial charge in [0.15, 0.2) is 0 Å². The molecule has 25 heavy (non-hydrogen) atoms. The molecule has 0 N–H and O–H groups in total. The van der Waals surface area contributed by atoms with Gasteiger partial charge >= 0.3 is 0 Å². The minimum atomic E-state index is -0.0139. The largest absolute Gasteiger partial charge is 0.311 e. The number of likely N-dealkylation sites (N-methyl/N-ethyl adjacent to an activating group) is 1. The Morgan fingerprint density at radius 1 is 0.840 bits per heavy atom. The van der Waals surface area contributed by atoms with Gasteiger partial charge in [-0.1, -0.05) is 72.3 Å². The summed E-state index contributed by atoms with van der Waals surface area (Å²) in [7, 11) is 1.80. The quantitative estimate of drug-likeness (QED) is 0.579. The van der Waals surface area contributed by atoms with Crippen molar-refractivity contribution < 1.29 is 4.79 Å². The highest BCUT2D eigenvalue weighted by Gasteiger charge is 2.33. The van der Waals surface area contributed by atoms with Crippen LogP contribution in [0.15, 0.2) is 78.9 Å². The SMILES string of the molecule is CN1C(=O)C(=C(c2ccccc2)c2ccccc2)c2cc(Cl)ccc21. The first-order valence-corrected chi connectivity index (χ1v) is 8.47. The topological polar surface area (TPSA) is 20.3 Å². The van der Waals surface area contributed by atoms with Gasteiger partial charge in [0, 0.05) is 23.2 Å². The van der Waals surface area contributed by atoms with E-state index in [1.54, 1.807) is 11.9 Å². The first-order chi connectivity index (χ1) is 12.2. The summed E-state index contributed by atoms with van der Waals surface area (Å²) >= 11 is 6.23. The summed E-state index contributed by atoms with van der Waals surface area (Å²) in [4.78, 5) is 14.8. The summed E-state index contributed by atoms with van der Waals surface area (Å²) < 4.78 is 0. The van der Waals surface area contributed by atoms with E-state index < -0.39 is 0 Å². The highest BCUT2D eigenvalue weighted by molar-refractivity contribution is 6.39. The van der Waals surface area contributed by atoms with Gasteiger partial charge in [0.2, 0.25) is 0 Å². The molecule has 0 atom stereocenters. The summed E-state index contributed by atoms with van der Waals surface area (Å²) in [5, 5.41) is 0.625. The smallest absolute Gasteiger partial charge is 0.259 e. The van der Waals surface area contributed by atoms with E-state index in [-0.39, 0.29) is 5.91 Å². The number of carbonyl (C=O) groups excluding carboxylic acids is 1. The minimum Gasteiger partial charge on any atom is -0.311 e. The molecule has 0 bridgehead atoms. The van der Waals surface area contributed by atoms with Crippen molar-refractivity contribution in [2.75, 3.05) is 11.9 Å². The molecule has 0 aromatic heterocycles. The number of hydrogen-bond acceptors (Lipinski definition) is 1. The molecular formula is C22H16ClNO. The third-order valence-electron chi connectivity index (χ3n) is 4.48. The van der Waals surface area contributed by atoms with Crippen LogP contribution in [0.4, 0.5) is 5.69 Å². The average molecular weight is 346 g/mol. The molecule has 1 aliphatic rings. The van der Waals surface area contributed by atoms with E-state index >= 15 is 0 Å². The number of anilines is 1. The first-order valence-electron chi connectivity index (χ1n) is 8.10. The van der Waals surface area contributed by atoms with Gasteiger partial charge < -0.3 is 4.90 Å². The lowest BCUT2D eigenvalue weighted by molar-refractivity contribution is -0.112. The van der Waals surface area contributed by atoms with Crippen molar-refractivity contribution in [1.82, 2.24) is 0 Å². The van der Waals surface area contributed by atoms with Gasteiger partial charge in [0.1, 0.15) is 0 Å². The maximum absolute atomic E-state index is 13.1. The zero-order chi connectivity index (χ0) is 17.4. The zero-order valence-electron chi connectivity index (χ0n) is 13.7. The number of hydrogen-bond donors (Lipinski definition) is 0. The first kappa shape index (κ1) is 15.7. The molecule has 3 heteroatoms. The zero-order valence-corrected chi connectivity index (χ0v) is 14.5. The average Bonchev–Trinajstić information content (AvgIpc) is 2.88. The second-order valence-corrected chi connectivity index (χ2v) is 6.44. The van der Waals surface area contributed by atoms with Crippen LogP contribution in [0.5, 0.6) is 0 Å². The van der Waals surface area contributed by atoms with Crippen LogP contribution in [0.2, 0.25) is 5.02 Å². The Labute approximate surface area is 152 Å². The van der Waals surface area contributed by atoms with E-state index in [0.717, 1.165) is 28.0 Å². The lowest BCUT2D eigenvalue weighted by Gasteiger charge is -2.13. The number of halogens is 1. The molecule has 0 unspecified atom stereocenters. The summed E-state index contributed by atoms with van der Waals surface area (Å²) in [6.07, 6.45) is 0. The standard InChI is InChI=1S/C22H16ClNO/c1-24-19-13-12-17(23)14-18(19)21(22(24)25)20(15-8-4-2-5-9-15)16-10-6-3-7-11-16/h2-14H,1H3. The number of nitrogens with zero attached hydrogens (tertiary/aromatic N) is 1. The maximum Gasteiger partial charge on any atom is 0.259 e. The van der Waals surface area contributed by atoms with Crippen molar-refractivity contribution in [3.8, 4) is 0 Å². The van der Waals surface area contributed by atoms with Crippen molar-refractivity contribution in [3.63, 3.8) is 0 Å². The number of rotatable bonds is 2. The second kappa shape index (κ2) is 6.23. The van der Waals surface area contributed by atoms with Crippen LogP contribution in [0, 0.1) is 0 Å². The van der Waals surface area contributed by atoms with Gasteiger partial charge in [0.05, 0.1) is 11.3 Å². The molecule has 0 saturated heterocycles. The number of benzene rings is 3. The molecular weight excluding hydrogens is 330 g/mol. The third-order valence-corrected chi connectivity index (χ3v) is 4.72. The molecule has 1 heterocycles. The van der Waals surface area contributed by atoms with Gasteiger partial charge in [0.25, 0.3) is 5.91 Å². The van der Waals surface area contributed by atoms with E-state index in [0.29, 0.717) is 10.6 Å². The van der Waals surface area contributed by atoms with Crippen LogP contribution in [0.25, 0.3) is 11.1 Å². The van der Waals surface area contributed by atoms with Gasteiger partial charge in [-0.15, -0.1) is 0 Å². The normalized spacial score (nSPS) is 13.1. The number of amides is 1. The molecule has 3 aromatic carbocycles. The van der Waals surface area contributed by atoms with E-state index in [1.165, 1.54) is 0 Å². The molecule has 0 fully saturated rings. The van der Waals surface area contributed by atoms with Gasteiger partial charge in [-0.25, -0.2) is 0 Å². The summed E-state index contributed by atoms with van der Waals surface area (Å²) in [6.45, 7) is 0. The van der Waals surface area contributed by atoms with Gasteiger partial charge in [-0.05, 0) is 29.3 Å². The molecule has 122 valence electrons. The fourth-order valence-corrected chi connectivity index (χ4v) is 3.47. The van der Waals surface area contributed by atoms with Crippen LogP contribution in [-0.4, -0.2) is 13.0 Å². The van der Waals surface area contributed by atoms with Crippen LogP contribution >= 0.6 is 11.6 Å². The van der Waals surface area contributed by atoms with Gasteiger partial charge in [-0.3, -0.25) is 4.79 Å². The molecule has 2 nitrogen and oxygen atoms in total. The monoisotopic (exact) mass is 345 g/mol. The maximum atomic E-state index is 13.1. The highest BCUT2D eigenvalue weighted by Crippen LogP contribution is 2.43. The van der Waals surface area contributed by atoms with Crippen molar-refractivity contribution in [2.45, 2.75) is 0 Å². The van der Waals surface area contributed by atoms with Crippen molar-refractivity contribution in [1.29, 1.82) is 0 Å². The fraction of sp³-hybridized carbons (Fsp3) is 0.0455. The van der Waals surface area contributed by atoms with E-state index in [1.807, 2.05) is 78.9 Å². The van der Waals surface area contributed by atoms with Crippen LogP contribution < -0.4 is 4.90 Å². The Kier molecular flexibility index (Phi) is 3.90. The fourth-order valence-electron chi connectivity index (χ4n) is 3.30. The molecule has 3 aromatic rings. The summed E-state index contributed by atoms with van der Waals surface area (Å²) in [5.74, 6) is -0.0139. The Hall–Kier alpha value is -2.84. The van der Waals surface area contributed by atoms with Crippen LogP contribution in [0.1, 0.15) is 16.7 Å². The van der Waals surface area contributed by atoms with E-state index in [4.69, 9.17) is 11.6 Å². The molecule has 0 aliphatic carbocycles. The predicted molar refractivity (Wildman–Crippen MR) is 104 cm³/mol.